The summed E-state index contributed by atoms with van der Waals surface area (Å²) in [6, 6.07) is 10.1. The zero-order valence-electron chi connectivity index (χ0n) is 17.0. The molecular weight excluding hydrogens is 372 g/mol. The molecule has 0 N–H and O–H groups in total. The topological polar surface area (TPSA) is 78.9 Å². The minimum atomic E-state index is -0.695. The number of hydrogen-bond donors (Lipinski definition) is 0. The summed E-state index contributed by atoms with van der Waals surface area (Å²) in [6.45, 7) is 1.83. The first-order valence-electron chi connectivity index (χ1n) is 10.5. The van der Waals surface area contributed by atoms with Gasteiger partial charge >= 0.3 is 5.97 Å². The molecule has 3 rings (SSSR count). The van der Waals surface area contributed by atoms with Crippen molar-refractivity contribution < 1.29 is 28.6 Å². The van der Waals surface area contributed by atoms with Crippen molar-refractivity contribution in [3.05, 3.63) is 35.9 Å². The van der Waals surface area contributed by atoms with E-state index in [1.807, 2.05) is 18.2 Å². The van der Waals surface area contributed by atoms with Gasteiger partial charge in [-0.25, -0.2) is 0 Å². The third kappa shape index (κ3) is 5.24. The Kier molecular flexibility index (Phi) is 7.81. The molecule has 6 nitrogen and oxygen atoms in total. The second-order valence-electron chi connectivity index (χ2n) is 8.08. The van der Waals surface area contributed by atoms with Crippen LogP contribution in [0.3, 0.4) is 0 Å². The fourth-order valence-electron chi connectivity index (χ4n) is 5.04. The normalized spacial score (nSPS) is 28.2. The lowest BCUT2D eigenvalue weighted by Crippen LogP contribution is -2.26. The number of carbonyl (C=O) groups is 3. The highest BCUT2D eigenvalue weighted by atomic mass is 16.5. The number of Topliss-reactive ketones (excluding diaryl/α,β-unsaturated/α-hetero) is 1. The van der Waals surface area contributed by atoms with Gasteiger partial charge in [-0.05, 0) is 36.7 Å². The van der Waals surface area contributed by atoms with E-state index in [0.29, 0.717) is 19.5 Å². The minimum Gasteiger partial charge on any atom is -0.468 e. The van der Waals surface area contributed by atoms with Gasteiger partial charge in [0.1, 0.15) is 17.8 Å². The SMILES string of the molecule is COC(=O)[C@@H]1C(=O)C[C@@H]2[C@H]1C[C@@H](CCCCCOCc1ccccc1)[C@H]2OC=O. The number of rotatable bonds is 11. The quantitative estimate of drug-likeness (QED) is 0.245. The second kappa shape index (κ2) is 10.5. The summed E-state index contributed by atoms with van der Waals surface area (Å²) < 4.78 is 15.9. The predicted molar refractivity (Wildman–Crippen MR) is 106 cm³/mol. The highest BCUT2D eigenvalue weighted by Crippen LogP contribution is 2.51. The lowest BCUT2D eigenvalue weighted by atomic mass is 9.90. The van der Waals surface area contributed by atoms with Crippen molar-refractivity contribution >= 4 is 18.2 Å². The van der Waals surface area contributed by atoms with Crippen LogP contribution in [-0.4, -0.2) is 38.0 Å². The van der Waals surface area contributed by atoms with Gasteiger partial charge < -0.3 is 14.2 Å². The molecule has 0 unspecified atom stereocenters. The van der Waals surface area contributed by atoms with Gasteiger partial charge in [-0.15, -0.1) is 0 Å². The molecule has 0 aliphatic heterocycles. The number of hydrogen-bond acceptors (Lipinski definition) is 6. The Morgan fingerprint density at radius 1 is 1.14 bits per heavy atom. The molecular formula is C23H30O6. The van der Waals surface area contributed by atoms with Crippen LogP contribution in [0.5, 0.6) is 0 Å². The van der Waals surface area contributed by atoms with Crippen LogP contribution in [0.25, 0.3) is 0 Å². The van der Waals surface area contributed by atoms with E-state index in [1.165, 1.54) is 12.7 Å². The first-order chi connectivity index (χ1) is 14.2. The van der Waals surface area contributed by atoms with E-state index in [0.717, 1.165) is 38.7 Å². The van der Waals surface area contributed by atoms with Crippen molar-refractivity contribution in [2.75, 3.05) is 13.7 Å². The highest BCUT2D eigenvalue weighted by molar-refractivity contribution is 6.01. The molecule has 29 heavy (non-hydrogen) atoms. The molecule has 2 fully saturated rings. The fraction of sp³-hybridized carbons (Fsp3) is 0.609. The molecule has 0 aromatic heterocycles. The number of carbonyl (C=O) groups excluding carboxylic acids is 3. The zero-order chi connectivity index (χ0) is 20.6. The molecule has 2 aliphatic carbocycles. The summed E-state index contributed by atoms with van der Waals surface area (Å²) in [5.74, 6) is -1.17. The molecule has 1 aromatic carbocycles. The van der Waals surface area contributed by atoms with Crippen LogP contribution in [0, 0.1) is 23.7 Å². The molecule has 158 valence electrons. The maximum Gasteiger partial charge on any atom is 0.316 e. The third-order valence-electron chi connectivity index (χ3n) is 6.37. The summed E-state index contributed by atoms with van der Waals surface area (Å²) >= 11 is 0. The predicted octanol–water partition coefficient (Wildman–Crippen LogP) is 3.32. The zero-order valence-corrected chi connectivity index (χ0v) is 17.0. The smallest absolute Gasteiger partial charge is 0.316 e. The van der Waals surface area contributed by atoms with Gasteiger partial charge in [-0.1, -0.05) is 43.2 Å². The first kappa shape index (κ1) is 21.5. The maximum atomic E-state index is 12.2. The number of methoxy groups -OCH3 is 1. The van der Waals surface area contributed by atoms with Crippen LogP contribution < -0.4 is 0 Å². The van der Waals surface area contributed by atoms with E-state index < -0.39 is 11.9 Å². The highest BCUT2D eigenvalue weighted by Gasteiger charge is 2.56. The summed E-state index contributed by atoms with van der Waals surface area (Å²) in [4.78, 5) is 35.3. The van der Waals surface area contributed by atoms with Gasteiger partial charge in [0.05, 0.1) is 13.7 Å². The summed E-state index contributed by atoms with van der Waals surface area (Å²) in [6.07, 6.45) is 4.71. The summed E-state index contributed by atoms with van der Waals surface area (Å²) in [5.41, 5.74) is 1.17. The maximum absolute atomic E-state index is 12.2. The third-order valence-corrected chi connectivity index (χ3v) is 6.37. The number of fused-ring (bicyclic) bond motifs is 1. The molecule has 2 saturated carbocycles. The van der Waals surface area contributed by atoms with E-state index in [2.05, 4.69) is 12.1 Å². The number of unbranched alkanes of at least 4 members (excludes halogenated alkanes) is 2. The summed E-state index contributed by atoms with van der Waals surface area (Å²) in [5, 5.41) is 0. The standard InChI is InChI=1S/C23H30O6/c1-27-23(26)21-18-12-17(22(29-15-24)19(18)13-20(21)25)10-6-3-7-11-28-14-16-8-4-2-5-9-16/h2,4-5,8-9,15,17-19,21-22H,3,6-7,10-14H2,1H3/t17-,18-,19-,21+,22-/m1/s1. The van der Waals surface area contributed by atoms with Gasteiger partial charge in [-0.2, -0.15) is 0 Å². The number of benzene rings is 1. The number of ether oxygens (including phenoxy) is 3. The summed E-state index contributed by atoms with van der Waals surface area (Å²) in [7, 11) is 1.31. The molecule has 5 atom stereocenters. The van der Waals surface area contributed by atoms with Crippen molar-refractivity contribution in [3.63, 3.8) is 0 Å². The Hall–Kier alpha value is -2.21. The van der Waals surface area contributed by atoms with Crippen molar-refractivity contribution in [1.82, 2.24) is 0 Å². The fourth-order valence-corrected chi connectivity index (χ4v) is 5.04. The van der Waals surface area contributed by atoms with Crippen LogP contribution in [0.1, 0.15) is 44.1 Å². The Labute approximate surface area is 171 Å². The molecule has 2 aliphatic rings. The van der Waals surface area contributed by atoms with Crippen LogP contribution in [0.4, 0.5) is 0 Å². The van der Waals surface area contributed by atoms with E-state index in [1.54, 1.807) is 0 Å². The van der Waals surface area contributed by atoms with Crippen molar-refractivity contribution in [1.29, 1.82) is 0 Å². The van der Waals surface area contributed by atoms with Gasteiger partial charge in [0, 0.05) is 18.9 Å². The van der Waals surface area contributed by atoms with Crippen LogP contribution in [0.2, 0.25) is 0 Å². The number of ketones is 1. The average Bonchev–Trinajstić information content (AvgIpc) is 3.22. The minimum absolute atomic E-state index is 0.0593. The molecule has 0 amide bonds. The van der Waals surface area contributed by atoms with Gasteiger partial charge in [0.25, 0.3) is 6.47 Å². The van der Waals surface area contributed by atoms with Gasteiger partial charge in [0.2, 0.25) is 0 Å². The Morgan fingerprint density at radius 3 is 2.66 bits per heavy atom. The average molecular weight is 402 g/mol. The Morgan fingerprint density at radius 2 is 1.93 bits per heavy atom. The van der Waals surface area contributed by atoms with Crippen molar-refractivity contribution in [2.45, 2.75) is 51.2 Å². The lowest BCUT2D eigenvalue weighted by Gasteiger charge is -2.22. The molecule has 0 saturated heterocycles. The van der Waals surface area contributed by atoms with Crippen molar-refractivity contribution in [2.24, 2.45) is 23.7 Å². The largest absolute Gasteiger partial charge is 0.468 e. The van der Waals surface area contributed by atoms with E-state index >= 15 is 0 Å². The van der Waals surface area contributed by atoms with Crippen molar-refractivity contribution in [3.8, 4) is 0 Å². The van der Waals surface area contributed by atoms with Crippen LogP contribution >= 0.6 is 0 Å². The van der Waals surface area contributed by atoms with Crippen LogP contribution in [-0.2, 0) is 35.2 Å². The monoisotopic (exact) mass is 402 g/mol. The van der Waals surface area contributed by atoms with E-state index in [-0.39, 0.29) is 29.6 Å². The lowest BCUT2D eigenvalue weighted by molar-refractivity contribution is -0.149. The number of esters is 1. The molecule has 0 heterocycles. The van der Waals surface area contributed by atoms with Gasteiger partial charge in [0.15, 0.2) is 0 Å². The van der Waals surface area contributed by atoms with E-state index in [9.17, 15) is 14.4 Å². The molecule has 0 spiro atoms. The molecule has 6 heteroatoms. The second-order valence-corrected chi connectivity index (χ2v) is 8.08. The van der Waals surface area contributed by atoms with E-state index in [4.69, 9.17) is 14.2 Å². The molecule has 1 aromatic rings. The first-order valence-corrected chi connectivity index (χ1v) is 10.5. The Balaban J connectivity index is 1.41. The van der Waals surface area contributed by atoms with Gasteiger partial charge in [-0.3, -0.25) is 14.4 Å². The molecule has 0 bridgehead atoms. The van der Waals surface area contributed by atoms with Crippen LogP contribution in [0.15, 0.2) is 30.3 Å². The Bertz CT molecular complexity index is 688. The molecule has 0 radical (unpaired) electrons.